The lowest BCUT2D eigenvalue weighted by Crippen LogP contribution is -2.38. The molecule has 5 rings (SSSR count). The van der Waals surface area contributed by atoms with Gasteiger partial charge in [0.05, 0.1) is 16.3 Å². The SMILES string of the molecule is Cn1cc2cc(-c3cnc4cc([C@H](O)C5CC(F)(F)C5)sc4c3)cnc2n1. The maximum absolute atomic E-state index is 13.1. The zero-order chi connectivity index (χ0) is 18.8. The maximum Gasteiger partial charge on any atom is 0.248 e. The fourth-order valence-electron chi connectivity index (χ4n) is 3.59. The first-order chi connectivity index (χ1) is 12.9. The van der Waals surface area contributed by atoms with Crippen LogP contribution in [-0.4, -0.2) is 30.8 Å². The molecule has 0 unspecified atom stereocenters. The lowest BCUT2D eigenvalue weighted by Gasteiger charge is -2.37. The fraction of sp³-hybridized carbons (Fsp3) is 0.316. The Morgan fingerprint density at radius 2 is 1.93 bits per heavy atom. The summed E-state index contributed by atoms with van der Waals surface area (Å²) in [4.78, 5) is 9.55. The molecule has 0 radical (unpaired) electrons. The highest BCUT2D eigenvalue weighted by molar-refractivity contribution is 7.19. The molecular formula is C19H16F2N4OS. The molecule has 0 bridgehead atoms. The number of aryl methyl sites for hydroxylation is 1. The average Bonchev–Trinajstić information content (AvgIpc) is 3.19. The molecule has 0 amide bonds. The molecule has 1 atom stereocenters. The van der Waals surface area contributed by atoms with Crippen LogP contribution in [0.2, 0.25) is 0 Å². The van der Waals surface area contributed by atoms with Crippen LogP contribution in [0, 0.1) is 5.92 Å². The highest BCUT2D eigenvalue weighted by Gasteiger charge is 2.48. The predicted molar refractivity (Wildman–Crippen MR) is 99.8 cm³/mol. The summed E-state index contributed by atoms with van der Waals surface area (Å²) < 4.78 is 28.8. The van der Waals surface area contributed by atoms with E-state index in [4.69, 9.17) is 0 Å². The molecule has 27 heavy (non-hydrogen) atoms. The summed E-state index contributed by atoms with van der Waals surface area (Å²) in [5.74, 6) is -3.02. The van der Waals surface area contributed by atoms with Crippen molar-refractivity contribution in [1.82, 2.24) is 19.7 Å². The van der Waals surface area contributed by atoms with Crippen molar-refractivity contribution < 1.29 is 13.9 Å². The molecule has 0 spiro atoms. The number of rotatable bonds is 3. The van der Waals surface area contributed by atoms with Crippen molar-refractivity contribution in [2.24, 2.45) is 13.0 Å². The molecule has 1 fully saturated rings. The fourth-order valence-corrected chi connectivity index (χ4v) is 4.73. The summed E-state index contributed by atoms with van der Waals surface area (Å²) in [6, 6.07) is 5.81. The second-order valence-corrected chi connectivity index (χ2v) is 8.28. The van der Waals surface area contributed by atoms with Crippen LogP contribution in [0.25, 0.3) is 32.4 Å². The standard InChI is InChI=1S/C19H16F2N4OS/c1-25-9-12-2-10(8-23-18(12)24-25)11-3-15-14(22-7-11)4-16(27-15)17(26)13-5-19(20,21)6-13/h2-4,7-9,13,17,26H,5-6H2,1H3/t17-/m1/s1. The van der Waals surface area contributed by atoms with Gasteiger partial charge >= 0.3 is 0 Å². The van der Waals surface area contributed by atoms with Gasteiger partial charge in [0.2, 0.25) is 5.92 Å². The van der Waals surface area contributed by atoms with Crippen molar-refractivity contribution >= 4 is 32.6 Å². The van der Waals surface area contributed by atoms with Gasteiger partial charge in [-0.15, -0.1) is 11.3 Å². The highest BCUT2D eigenvalue weighted by Crippen LogP contribution is 2.49. The van der Waals surface area contributed by atoms with E-state index in [1.165, 1.54) is 11.3 Å². The van der Waals surface area contributed by atoms with Gasteiger partial charge in [0.25, 0.3) is 0 Å². The van der Waals surface area contributed by atoms with E-state index >= 15 is 0 Å². The van der Waals surface area contributed by atoms with Gasteiger partial charge in [-0.25, -0.2) is 13.8 Å². The Hall–Kier alpha value is -2.45. The number of aliphatic hydroxyl groups is 1. The van der Waals surface area contributed by atoms with Crippen LogP contribution in [0.4, 0.5) is 8.78 Å². The minimum absolute atomic E-state index is 0.252. The molecule has 5 nitrogen and oxygen atoms in total. The van der Waals surface area contributed by atoms with Crippen molar-refractivity contribution in [3.05, 3.63) is 41.7 Å². The van der Waals surface area contributed by atoms with E-state index in [2.05, 4.69) is 15.1 Å². The van der Waals surface area contributed by atoms with Crippen molar-refractivity contribution in [3.63, 3.8) is 0 Å². The Bertz CT molecular complexity index is 1160. The summed E-state index contributed by atoms with van der Waals surface area (Å²) in [7, 11) is 1.85. The van der Waals surface area contributed by atoms with Gasteiger partial charge in [-0.2, -0.15) is 5.10 Å². The number of hydrogen-bond acceptors (Lipinski definition) is 5. The Morgan fingerprint density at radius 1 is 1.19 bits per heavy atom. The van der Waals surface area contributed by atoms with E-state index in [0.717, 1.165) is 26.7 Å². The lowest BCUT2D eigenvalue weighted by atomic mass is 9.77. The maximum atomic E-state index is 13.1. The highest BCUT2D eigenvalue weighted by atomic mass is 32.1. The van der Waals surface area contributed by atoms with Crippen LogP contribution in [0.15, 0.2) is 36.8 Å². The van der Waals surface area contributed by atoms with Crippen molar-refractivity contribution in [2.45, 2.75) is 24.9 Å². The first kappa shape index (κ1) is 16.7. The van der Waals surface area contributed by atoms with Gasteiger partial charge in [-0.05, 0) is 18.2 Å². The summed E-state index contributed by atoms with van der Waals surface area (Å²) in [6.07, 6.45) is 4.07. The van der Waals surface area contributed by atoms with Gasteiger partial charge in [0.15, 0.2) is 5.65 Å². The van der Waals surface area contributed by atoms with E-state index in [-0.39, 0.29) is 18.8 Å². The molecule has 4 aromatic rings. The molecule has 1 aliphatic rings. The molecule has 1 aliphatic carbocycles. The Balaban J connectivity index is 1.47. The Labute approximate surface area is 157 Å². The number of alkyl halides is 2. The summed E-state index contributed by atoms with van der Waals surface area (Å²) in [5.41, 5.74) is 3.30. The normalized spacial score (nSPS) is 18.1. The smallest absolute Gasteiger partial charge is 0.248 e. The van der Waals surface area contributed by atoms with Crippen molar-refractivity contribution in [1.29, 1.82) is 0 Å². The number of nitrogens with zero attached hydrogens (tertiary/aromatic N) is 4. The number of fused-ring (bicyclic) bond motifs is 2. The van der Waals surface area contributed by atoms with Crippen LogP contribution in [0.5, 0.6) is 0 Å². The van der Waals surface area contributed by atoms with E-state index in [1.54, 1.807) is 23.1 Å². The predicted octanol–water partition coefficient (Wildman–Crippen LogP) is 4.32. The van der Waals surface area contributed by atoms with Crippen LogP contribution >= 0.6 is 11.3 Å². The monoisotopic (exact) mass is 386 g/mol. The van der Waals surface area contributed by atoms with Crippen LogP contribution in [0.3, 0.4) is 0 Å². The number of thiophene rings is 1. The zero-order valence-corrected chi connectivity index (χ0v) is 15.2. The largest absolute Gasteiger partial charge is 0.387 e. The summed E-state index contributed by atoms with van der Waals surface area (Å²) in [6.45, 7) is 0. The quantitative estimate of drug-likeness (QED) is 0.569. The molecule has 138 valence electrons. The molecular weight excluding hydrogens is 370 g/mol. The van der Waals surface area contributed by atoms with Crippen LogP contribution in [-0.2, 0) is 7.05 Å². The lowest BCUT2D eigenvalue weighted by molar-refractivity contribution is -0.141. The van der Waals surface area contributed by atoms with Crippen LogP contribution < -0.4 is 0 Å². The first-order valence-corrected chi connectivity index (χ1v) is 9.45. The number of hydrogen-bond donors (Lipinski definition) is 1. The average molecular weight is 386 g/mol. The van der Waals surface area contributed by atoms with Gasteiger partial charge in [-0.1, -0.05) is 0 Å². The second-order valence-electron chi connectivity index (χ2n) is 7.16. The third kappa shape index (κ3) is 2.89. The van der Waals surface area contributed by atoms with Gasteiger partial charge in [-0.3, -0.25) is 9.67 Å². The topological polar surface area (TPSA) is 63.8 Å². The molecule has 0 aliphatic heterocycles. The van der Waals surface area contributed by atoms with Gasteiger partial charge in [0.1, 0.15) is 0 Å². The van der Waals surface area contributed by atoms with Crippen LogP contribution in [0.1, 0.15) is 23.8 Å². The molecule has 1 saturated carbocycles. The van der Waals surface area contributed by atoms with Gasteiger partial charge in [0, 0.05) is 65.8 Å². The summed E-state index contributed by atoms with van der Waals surface area (Å²) >= 11 is 1.41. The van der Waals surface area contributed by atoms with E-state index in [0.29, 0.717) is 10.5 Å². The minimum atomic E-state index is -2.63. The number of pyridine rings is 2. The molecule has 0 saturated heterocycles. The molecule has 4 heterocycles. The second kappa shape index (κ2) is 5.77. The Kier molecular flexibility index (Phi) is 3.57. The molecule has 8 heteroatoms. The zero-order valence-electron chi connectivity index (χ0n) is 14.4. The number of aliphatic hydroxyl groups excluding tert-OH is 1. The van der Waals surface area contributed by atoms with Gasteiger partial charge < -0.3 is 5.11 Å². The van der Waals surface area contributed by atoms with E-state index < -0.39 is 12.0 Å². The Morgan fingerprint density at radius 3 is 2.70 bits per heavy atom. The number of halogens is 2. The van der Waals surface area contributed by atoms with Crippen molar-refractivity contribution in [2.75, 3.05) is 0 Å². The van der Waals surface area contributed by atoms with E-state index in [9.17, 15) is 13.9 Å². The number of aromatic nitrogens is 4. The van der Waals surface area contributed by atoms with Crippen molar-refractivity contribution in [3.8, 4) is 11.1 Å². The third-order valence-electron chi connectivity index (χ3n) is 5.06. The molecule has 1 N–H and O–H groups in total. The molecule has 4 aromatic heterocycles. The minimum Gasteiger partial charge on any atom is -0.387 e. The van der Waals surface area contributed by atoms with E-state index in [1.807, 2.05) is 25.4 Å². The summed E-state index contributed by atoms with van der Waals surface area (Å²) in [5, 5.41) is 15.6. The third-order valence-corrected chi connectivity index (χ3v) is 6.20. The first-order valence-electron chi connectivity index (χ1n) is 8.63. The molecule has 0 aromatic carbocycles.